The third-order valence-electron chi connectivity index (χ3n) is 4.10. The molecule has 0 radical (unpaired) electrons. The van der Waals surface area contributed by atoms with E-state index in [1.165, 1.54) is 40.2 Å². The predicted molar refractivity (Wildman–Crippen MR) is 114 cm³/mol. The molecule has 3 aromatic rings. The van der Waals surface area contributed by atoms with Gasteiger partial charge < -0.3 is 0 Å². The van der Waals surface area contributed by atoms with E-state index in [9.17, 15) is 19.7 Å². The average Bonchev–Trinajstić information content (AvgIpc) is 3.29. The molecule has 11 heteroatoms. The van der Waals surface area contributed by atoms with Crippen molar-refractivity contribution in [3.63, 3.8) is 0 Å². The summed E-state index contributed by atoms with van der Waals surface area (Å²) in [6.07, 6.45) is 0. The number of nitrogens with one attached hydrogen (secondary N) is 1. The first kappa shape index (κ1) is 19.8. The molecular weight excluding hydrogens is 432 g/mol. The molecule has 1 aromatic heterocycles. The van der Waals surface area contributed by atoms with E-state index in [0.29, 0.717) is 9.90 Å². The zero-order valence-electron chi connectivity index (χ0n) is 14.8. The summed E-state index contributed by atoms with van der Waals surface area (Å²) in [5, 5.41) is 11.8. The van der Waals surface area contributed by atoms with Crippen molar-refractivity contribution in [3.8, 4) is 0 Å². The Morgan fingerprint density at radius 1 is 1.31 bits per heavy atom. The van der Waals surface area contributed by atoms with Gasteiger partial charge >= 0.3 is 0 Å². The average molecular weight is 447 g/mol. The fourth-order valence-corrected chi connectivity index (χ4v) is 5.82. The van der Waals surface area contributed by atoms with E-state index in [2.05, 4.69) is 10.4 Å². The van der Waals surface area contributed by atoms with Crippen LogP contribution in [0.3, 0.4) is 0 Å². The molecule has 29 heavy (non-hydrogen) atoms. The Hall–Kier alpha value is -2.47. The maximum atomic E-state index is 12.4. The van der Waals surface area contributed by atoms with Crippen LogP contribution < -0.4 is 5.43 Å². The van der Waals surface area contributed by atoms with Gasteiger partial charge in [0, 0.05) is 12.1 Å². The number of benzene rings is 2. The molecule has 1 aliphatic rings. The number of aromatic nitrogens is 1. The number of carbonyl (C=O) groups excluding carboxylic acids is 2. The van der Waals surface area contributed by atoms with Crippen LogP contribution in [0.5, 0.6) is 0 Å². The maximum absolute atomic E-state index is 12.4. The number of nitro benzene ring substituents is 1. The minimum absolute atomic E-state index is 0.0372. The fourth-order valence-electron chi connectivity index (χ4n) is 2.81. The monoisotopic (exact) mass is 446 g/mol. The molecule has 0 saturated carbocycles. The Bertz CT molecular complexity index is 1070. The molecule has 1 N–H and O–H groups in total. The van der Waals surface area contributed by atoms with Gasteiger partial charge in [-0.25, -0.2) is 10.4 Å². The molecule has 0 bridgehead atoms. The van der Waals surface area contributed by atoms with Crippen molar-refractivity contribution < 1.29 is 14.5 Å². The van der Waals surface area contributed by atoms with E-state index in [0.717, 1.165) is 22.0 Å². The largest absolute Gasteiger partial charge is 0.285 e. The van der Waals surface area contributed by atoms with Crippen LogP contribution in [-0.2, 0) is 9.59 Å². The number of amides is 1. The maximum Gasteiger partial charge on any atom is 0.269 e. The molecule has 1 atom stereocenters. The molecule has 0 spiro atoms. The van der Waals surface area contributed by atoms with Crippen molar-refractivity contribution >= 4 is 61.8 Å². The number of non-ortho nitro benzene ring substituents is 1. The van der Waals surface area contributed by atoms with Gasteiger partial charge in [-0.1, -0.05) is 24.3 Å². The third kappa shape index (κ3) is 4.42. The first-order chi connectivity index (χ1) is 14.0. The zero-order chi connectivity index (χ0) is 20.4. The molecule has 2 heterocycles. The number of carbonyl (C=O) groups is 2. The number of rotatable bonds is 6. The van der Waals surface area contributed by atoms with Crippen LogP contribution in [0.4, 0.5) is 5.69 Å². The second kappa shape index (κ2) is 8.49. The lowest BCUT2D eigenvalue weighted by atomic mass is 10.2. The molecule has 1 unspecified atom stereocenters. The lowest BCUT2D eigenvalue weighted by Crippen LogP contribution is -2.43. The van der Waals surface area contributed by atoms with Crippen molar-refractivity contribution in [1.29, 1.82) is 0 Å². The highest BCUT2D eigenvalue weighted by molar-refractivity contribution is 8.15. The molecule has 1 fully saturated rings. The van der Waals surface area contributed by atoms with Gasteiger partial charge in [-0.3, -0.25) is 24.7 Å². The number of hydrogen-bond donors (Lipinski definition) is 1. The van der Waals surface area contributed by atoms with E-state index in [1.54, 1.807) is 12.1 Å². The van der Waals surface area contributed by atoms with Gasteiger partial charge in [0.25, 0.3) is 5.69 Å². The first-order valence-corrected chi connectivity index (χ1v) is 11.2. The molecule has 8 nitrogen and oxygen atoms in total. The normalized spacial score (nSPS) is 16.5. The fraction of sp³-hybridized carbons (Fsp3) is 0.167. The SMILES string of the molecule is O=C(CNN1C(=O)CSC1c1cccc([N+](=O)[O-])c1)Sc1nc2ccccc2s1. The number of fused-ring (bicyclic) bond motifs is 1. The highest BCUT2D eigenvalue weighted by atomic mass is 32.2. The van der Waals surface area contributed by atoms with Crippen molar-refractivity contribution in [3.05, 3.63) is 64.2 Å². The Morgan fingerprint density at radius 2 is 2.14 bits per heavy atom. The molecule has 4 rings (SSSR count). The van der Waals surface area contributed by atoms with Crippen LogP contribution in [-0.4, -0.2) is 38.2 Å². The van der Waals surface area contributed by atoms with Crippen LogP contribution in [0.25, 0.3) is 10.2 Å². The van der Waals surface area contributed by atoms with Gasteiger partial charge in [0.05, 0.1) is 27.4 Å². The van der Waals surface area contributed by atoms with Gasteiger partial charge in [0.2, 0.25) is 11.0 Å². The highest BCUT2D eigenvalue weighted by Crippen LogP contribution is 2.38. The van der Waals surface area contributed by atoms with Gasteiger partial charge in [0.15, 0.2) is 4.34 Å². The van der Waals surface area contributed by atoms with E-state index < -0.39 is 10.3 Å². The number of thioether (sulfide) groups is 2. The number of nitro groups is 1. The van der Waals surface area contributed by atoms with Gasteiger partial charge in [0.1, 0.15) is 5.37 Å². The summed E-state index contributed by atoms with van der Waals surface area (Å²) in [4.78, 5) is 39.6. The summed E-state index contributed by atoms with van der Waals surface area (Å²) in [7, 11) is 0. The molecule has 0 aliphatic carbocycles. The number of nitrogens with zero attached hydrogens (tertiary/aromatic N) is 3. The molecule has 2 aromatic carbocycles. The van der Waals surface area contributed by atoms with Gasteiger partial charge in [-0.15, -0.1) is 23.1 Å². The molecular formula is C18H14N4O4S3. The van der Waals surface area contributed by atoms with Crippen LogP contribution in [0.1, 0.15) is 10.9 Å². The number of hydrogen-bond acceptors (Lipinski definition) is 9. The highest BCUT2D eigenvalue weighted by Gasteiger charge is 2.34. The minimum atomic E-state index is -0.471. The zero-order valence-corrected chi connectivity index (χ0v) is 17.3. The molecule has 1 amide bonds. The predicted octanol–water partition coefficient (Wildman–Crippen LogP) is 3.60. The Morgan fingerprint density at radius 3 is 2.93 bits per heavy atom. The topological polar surface area (TPSA) is 105 Å². The van der Waals surface area contributed by atoms with Crippen molar-refractivity contribution in [2.24, 2.45) is 0 Å². The van der Waals surface area contributed by atoms with Crippen molar-refractivity contribution in [2.75, 3.05) is 12.3 Å². The second-order valence-electron chi connectivity index (χ2n) is 6.04. The van der Waals surface area contributed by atoms with Crippen LogP contribution in [0.2, 0.25) is 0 Å². The van der Waals surface area contributed by atoms with Crippen molar-refractivity contribution in [2.45, 2.75) is 9.71 Å². The quantitative estimate of drug-likeness (QED) is 0.348. The first-order valence-electron chi connectivity index (χ1n) is 8.49. The van der Waals surface area contributed by atoms with E-state index >= 15 is 0 Å². The lowest BCUT2D eigenvalue weighted by molar-refractivity contribution is -0.384. The summed E-state index contributed by atoms with van der Waals surface area (Å²) in [6, 6.07) is 13.8. The Labute approximate surface area is 177 Å². The standard InChI is InChI=1S/C18H14N4O4S3/c23-15-10-27-17(11-4-3-5-12(8-11)22(25)26)21(15)19-9-16(24)29-18-20-13-6-1-2-7-14(13)28-18/h1-8,17,19H,9-10H2. The van der Waals surface area contributed by atoms with Crippen molar-refractivity contribution in [1.82, 2.24) is 15.4 Å². The molecule has 1 aliphatic heterocycles. The summed E-state index contributed by atoms with van der Waals surface area (Å²) in [5.41, 5.74) is 4.32. The van der Waals surface area contributed by atoms with Crippen LogP contribution in [0, 0.1) is 10.1 Å². The molecule has 148 valence electrons. The lowest BCUT2D eigenvalue weighted by Gasteiger charge is -2.24. The van der Waals surface area contributed by atoms with E-state index in [-0.39, 0.29) is 29.0 Å². The number of hydrazine groups is 1. The van der Waals surface area contributed by atoms with Gasteiger partial charge in [-0.05, 0) is 29.5 Å². The smallest absolute Gasteiger partial charge is 0.269 e. The Kier molecular flexibility index (Phi) is 5.81. The van der Waals surface area contributed by atoms with Crippen LogP contribution >= 0.6 is 34.9 Å². The number of para-hydroxylation sites is 1. The Balaban J connectivity index is 1.41. The van der Waals surface area contributed by atoms with Crippen LogP contribution in [0.15, 0.2) is 52.9 Å². The van der Waals surface area contributed by atoms with E-state index in [4.69, 9.17) is 0 Å². The summed E-state index contributed by atoms with van der Waals surface area (Å²) in [6.45, 7) is -0.0572. The van der Waals surface area contributed by atoms with Gasteiger partial charge in [-0.2, -0.15) is 0 Å². The molecule has 1 saturated heterocycles. The minimum Gasteiger partial charge on any atom is -0.285 e. The third-order valence-corrected chi connectivity index (χ3v) is 7.28. The number of thiazole rings is 1. The summed E-state index contributed by atoms with van der Waals surface area (Å²) in [5.74, 6) is 0.0591. The second-order valence-corrected chi connectivity index (χ2v) is 9.44. The van der Waals surface area contributed by atoms with E-state index in [1.807, 2.05) is 24.3 Å². The summed E-state index contributed by atoms with van der Waals surface area (Å²) >= 11 is 3.82. The summed E-state index contributed by atoms with van der Waals surface area (Å²) < 4.78 is 1.66.